The van der Waals surface area contributed by atoms with Crippen molar-refractivity contribution in [1.29, 1.82) is 0 Å². The smallest absolute Gasteiger partial charge is 0.240 e. The minimum atomic E-state index is -3.60. The van der Waals surface area contributed by atoms with Gasteiger partial charge in [0, 0.05) is 33.1 Å². The number of carbonyl (C=O) groups excluding carboxylic acids is 2. The predicted molar refractivity (Wildman–Crippen MR) is 79.9 cm³/mol. The third kappa shape index (κ3) is 3.70. The Labute approximate surface area is 129 Å². The second-order valence-corrected chi connectivity index (χ2v) is 6.63. The van der Waals surface area contributed by atoms with Crippen LogP contribution in [0.4, 0.5) is 5.69 Å². The molecule has 0 saturated carbocycles. The molecule has 1 aliphatic heterocycles. The first kappa shape index (κ1) is 16.6. The van der Waals surface area contributed by atoms with Crippen LogP contribution in [0.5, 0.6) is 0 Å². The highest BCUT2D eigenvalue weighted by Gasteiger charge is 2.30. The molecule has 7 nitrogen and oxygen atoms in total. The highest BCUT2D eigenvalue weighted by Crippen LogP contribution is 2.23. The molecule has 1 aromatic carbocycles. The van der Waals surface area contributed by atoms with E-state index in [0.717, 1.165) is 4.90 Å². The Hall–Kier alpha value is -1.77. The summed E-state index contributed by atoms with van der Waals surface area (Å²) in [4.78, 5) is 24.4. The molecule has 8 heteroatoms. The lowest BCUT2D eigenvalue weighted by Gasteiger charge is -2.14. The van der Waals surface area contributed by atoms with Gasteiger partial charge in [-0.2, -0.15) is 0 Å². The molecule has 1 fully saturated rings. The molecule has 1 aliphatic rings. The minimum absolute atomic E-state index is 0.0905. The van der Waals surface area contributed by atoms with Crippen LogP contribution in [0.15, 0.2) is 29.2 Å². The second kappa shape index (κ2) is 6.99. The molecule has 0 radical (unpaired) electrons. The zero-order valence-corrected chi connectivity index (χ0v) is 13.1. The Balaban J connectivity index is 2.08. The van der Waals surface area contributed by atoms with Gasteiger partial charge in [0.25, 0.3) is 0 Å². The van der Waals surface area contributed by atoms with E-state index in [2.05, 4.69) is 4.72 Å². The molecular formula is C14H18N2O5S. The summed E-state index contributed by atoms with van der Waals surface area (Å²) in [6, 6.07) is 5.69. The fourth-order valence-corrected chi connectivity index (χ4v) is 3.22. The van der Waals surface area contributed by atoms with Crippen LogP contribution in [-0.4, -0.2) is 40.5 Å². The second-order valence-electron chi connectivity index (χ2n) is 4.86. The average Bonchev–Trinajstić information content (AvgIpc) is 2.83. The predicted octanol–water partition coefficient (Wildman–Crippen LogP) is 0.655. The standard InChI is InChI=1S/C14H18N2O5S/c1-21-10-2-9-15-22(19,20)12-5-3-11(4-6-12)16-13(17)7-8-14(16)18/h3-6,15H,2,7-10H2,1H3. The molecule has 1 heterocycles. The van der Waals surface area contributed by atoms with Crippen LogP contribution < -0.4 is 9.62 Å². The number of anilines is 1. The van der Waals surface area contributed by atoms with Gasteiger partial charge < -0.3 is 4.74 Å². The van der Waals surface area contributed by atoms with Crippen LogP contribution in [0.1, 0.15) is 19.3 Å². The summed E-state index contributed by atoms with van der Waals surface area (Å²) < 4.78 is 31.4. The average molecular weight is 326 g/mol. The number of ether oxygens (including phenoxy) is 1. The number of nitrogens with zero attached hydrogens (tertiary/aromatic N) is 1. The van der Waals surface area contributed by atoms with E-state index < -0.39 is 10.0 Å². The zero-order chi connectivity index (χ0) is 16.2. The van der Waals surface area contributed by atoms with Gasteiger partial charge in [-0.15, -0.1) is 0 Å². The number of nitrogens with one attached hydrogen (secondary N) is 1. The lowest BCUT2D eigenvalue weighted by molar-refractivity contribution is -0.121. The number of benzene rings is 1. The number of amides is 2. The lowest BCUT2D eigenvalue weighted by Crippen LogP contribution is -2.29. The van der Waals surface area contributed by atoms with Crippen molar-refractivity contribution in [3.05, 3.63) is 24.3 Å². The summed E-state index contributed by atoms with van der Waals surface area (Å²) in [6.45, 7) is 0.752. The topological polar surface area (TPSA) is 92.8 Å². The van der Waals surface area contributed by atoms with E-state index in [0.29, 0.717) is 18.7 Å². The molecule has 22 heavy (non-hydrogen) atoms. The molecule has 2 amide bonds. The summed E-state index contributed by atoms with van der Waals surface area (Å²) in [5.41, 5.74) is 0.394. The fraction of sp³-hybridized carbons (Fsp3) is 0.429. The highest BCUT2D eigenvalue weighted by atomic mass is 32.2. The van der Waals surface area contributed by atoms with Gasteiger partial charge in [0.05, 0.1) is 10.6 Å². The zero-order valence-electron chi connectivity index (χ0n) is 12.2. The summed E-state index contributed by atoms with van der Waals surface area (Å²) in [7, 11) is -2.05. The van der Waals surface area contributed by atoms with E-state index in [9.17, 15) is 18.0 Å². The number of carbonyl (C=O) groups is 2. The van der Waals surface area contributed by atoms with Crippen LogP contribution in [0.3, 0.4) is 0 Å². The maximum atomic E-state index is 12.1. The third-order valence-electron chi connectivity index (χ3n) is 3.27. The van der Waals surface area contributed by atoms with Crippen molar-refractivity contribution in [3.8, 4) is 0 Å². The van der Waals surface area contributed by atoms with Gasteiger partial charge in [-0.05, 0) is 30.7 Å². The van der Waals surface area contributed by atoms with Crippen LogP contribution in [-0.2, 0) is 24.3 Å². The SMILES string of the molecule is COCCCNS(=O)(=O)c1ccc(N2C(=O)CCC2=O)cc1. The molecule has 0 aliphatic carbocycles. The minimum Gasteiger partial charge on any atom is -0.385 e. The molecule has 1 N–H and O–H groups in total. The van der Waals surface area contributed by atoms with E-state index in [1.807, 2.05) is 0 Å². The van der Waals surface area contributed by atoms with Crippen LogP contribution in [0, 0.1) is 0 Å². The molecule has 0 unspecified atom stereocenters. The number of sulfonamides is 1. The number of imide groups is 1. The normalized spacial score (nSPS) is 15.6. The first-order chi connectivity index (χ1) is 10.5. The summed E-state index contributed by atoms with van der Waals surface area (Å²) in [5, 5.41) is 0. The summed E-state index contributed by atoms with van der Waals surface area (Å²) in [5.74, 6) is -0.531. The van der Waals surface area contributed by atoms with Crippen molar-refractivity contribution in [1.82, 2.24) is 4.72 Å². The van der Waals surface area contributed by atoms with Gasteiger partial charge >= 0.3 is 0 Å². The van der Waals surface area contributed by atoms with Crippen molar-refractivity contribution in [2.24, 2.45) is 0 Å². The van der Waals surface area contributed by atoms with Crippen molar-refractivity contribution < 1.29 is 22.7 Å². The molecule has 0 atom stereocenters. The van der Waals surface area contributed by atoms with Gasteiger partial charge in [0.15, 0.2) is 0 Å². The van der Waals surface area contributed by atoms with Crippen molar-refractivity contribution in [2.45, 2.75) is 24.2 Å². The van der Waals surface area contributed by atoms with Crippen LogP contribution in [0.25, 0.3) is 0 Å². The van der Waals surface area contributed by atoms with E-state index in [-0.39, 0.29) is 36.1 Å². The Bertz CT molecular complexity index is 638. The van der Waals surface area contributed by atoms with E-state index in [1.165, 1.54) is 24.3 Å². The van der Waals surface area contributed by atoms with Gasteiger partial charge in [0.1, 0.15) is 0 Å². The first-order valence-electron chi connectivity index (χ1n) is 6.90. The quantitative estimate of drug-likeness (QED) is 0.587. The maximum absolute atomic E-state index is 12.1. The summed E-state index contributed by atoms with van der Waals surface area (Å²) >= 11 is 0. The molecule has 1 saturated heterocycles. The number of rotatable bonds is 7. The van der Waals surface area contributed by atoms with Gasteiger partial charge in [-0.25, -0.2) is 13.1 Å². The molecule has 0 bridgehead atoms. The molecule has 0 spiro atoms. The number of hydrogen-bond donors (Lipinski definition) is 1. The van der Waals surface area contributed by atoms with Crippen molar-refractivity contribution in [3.63, 3.8) is 0 Å². The van der Waals surface area contributed by atoms with Crippen LogP contribution >= 0.6 is 0 Å². The van der Waals surface area contributed by atoms with Crippen molar-refractivity contribution in [2.75, 3.05) is 25.2 Å². The Morgan fingerprint density at radius 3 is 2.27 bits per heavy atom. The third-order valence-corrected chi connectivity index (χ3v) is 4.75. The highest BCUT2D eigenvalue weighted by molar-refractivity contribution is 7.89. The van der Waals surface area contributed by atoms with Gasteiger partial charge in [-0.3, -0.25) is 14.5 Å². The van der Waals surface area contributed by atoms with Crippen LogP contribution in [0.2, 0.25) is 0 Å². The Morgan fingerprint density at radius 2 is 1.73 bits per heavy atom. The molecule has 0 aromatic heterocycles. The van der Waals surface area contributed by atoms with Gasteiger partial charge in [-0.1, -0.05) is 0 Å². The van der Waals surface area contributed by atoms with E-state index >= 15 is 0 Å². The fourth-order valence-electron chi connectivity index (χ4n) is 2.15. The maximum Gasteiger partial charge on any atom is 0.240 e. The first-order valence-corrected chi connectivity index (χ1v) is 8.38. The lowest BCUT2D eigenvalue weighted by atomic mass is 10.3. The van der Waals surface area contributed by atoms with Crippen molar-refractivity contribution >= 4 is 27.5 Å². The number of hydrogen-bond acceptors (Lipinski definition) is 5. The summed E-state index contributed by atoms with van der Waals surface area (Å²) in [6.07, 6.45) is 0.963. The van der Waals surface area contributed by atoms with E-state index in [4.69, 9.17) is 4.74 Å². The Kier molecular flexibility index (Phi) is 5.28. The largest absolute Gasteiger partial charge is 0.385 e. The van der Waals surface area contributed by atoms with Gasteiger partial charge in [0.2, 0.25) is 21.8 Å². The molecular weight excluding hydrogens is 308 g/mol. The monoisotopic (exact) mass is 326 g/mol. The number of methoxy groups -OCH3 is 1. The molecule has 2 rings (SSSR count). The molecule has 120 valence electrons. The van der Waals surface area contributed by atoms with E-state index in [1.54, 1.807) is 7.11 Å². The molecule has 1 aromatic rings. The Morgan fingerprint density at radius 1 is 1.14 bits per heavy atom.